The Morgan fingerprint density at radius 2 is 1.02 bits per heavy atom. The Balaban J connectivity index is 1.84. The standard InChI is InChI=1S/C34H48F6P2/c1-23(29-13-10-14-30(29)42(31(2,3)4,32(5,6)7)28-11-8-9-12-28)41(26-19-15-24(16-20-26)33(35,36)37)27-21-17-25(18-22-27)34(38,39)40/h15-23,28-30,42H,8-14H2,1-7H3/t23?,29-,30-/m0/s1. The van der Waals surface area contributed by atoms with Gasteiger partial charge in [0.15, 0.2) is 0 Å². The molecule has 0 saturated heterocycles. The van der Waals surface area contributed by atoms with Gasteiger partial charge in [-0.3, -0.25) is 0 Å². The van der Waals surface area contributed by atoms with Gasteiger partial charge in [-0.25, -0.2) is 0 Å². The number of alkyl halides is 6. The Kier molecular flexibility index (Phi) is 9.65. The van der Waals surface area contributed by atoms with E-state index in [1.54, 1.807) is 24.3 Å². The molecule has 2 saturated carbocycles. The van der Waals surface area contributed by atoms with Crippen molar-refractivity contribution < 1.29 is 26.3 Å². The molecule has 8 heteroatoms. The van der Waals surface area contributed by atoms with Crippen LogP contribution in [0.1, 0.15) is 105 Å². The average Bonchev–Trinajstić information content (AvgIpc) is 3.56. The molecule has 0 heterocycles. The fourth-order valence-electron chi connectivity index (χ4n) is 9.71. The summed E-state index contributed by atoms with van der Waals surface area (Å²) in [7, 11) is -3.25. The molecule has 0 aromatic heterocycles. The van der Waals surface area contributed by atoms with Crippen LogP contribution in [0.3, 0.4) is 0 Å². The van der Waals surface area contributed by atoms with Crippen LogP contribution >= 0.6 is 15.2 Å². The van der Waals surface area contributed by atoms with Crippen molar-refractivity contribution in [3.63, 3.8) is 0 Å². The molecule has 0 spiro atoms. The van der Waals surface area contributed by atoms with Crippen molar-refractivity contribution in [2.24, 2.45) is 5.92 Å². The van der Waals surface area contributed by atoms with E-state index in [0.29, 0.717) is 11.6 Å². The van der Waals surface area contributed by atoms with Gasteiger partial charge in [0, 0.05) is 0 Å². The fourth-order valence-corrected chi connectivity index (χ4v) is 23.4. The van der Waals surface area contributed by atoms with Crippen LogP contribution in [-0.4, -0.2) is 27.3 Å². The van der Waals surface area contributed by atoms with Crippen LogP contribution in [0.25, 0.3) is 0 Å². The summed E-state index contributed by atoms with van der Waals surface area (Å²) in [5.41, 5.74) is 0.0170. The van der Waals surface area contributed by atoms with Gasteiger partial charge in [-0.1, -0.05) is 0 Å². The summed E-state index contributed by atoms with van der Waals surface area (Å²) in [6.45, 7) is 17.0. The van der Waals surface area contributed by atoms with Gasteiger partial charge in [0.1, 0.15) is 0 Å². The van der Waals surface area contributed by atoms with E-state index < -0.39 is 38.7 Å². The molecule has 2 aromatic rings. The topological polar surface area (TPSA) is 0 Å². The molecular formula is C34H48F6P2. The van der Waals surface area contributed by atoms with Crippen molar-refractivity contribution in [3.8, 4) is 0 Å². The summed E-state index contributed by atoms with van der Waals surface area (Å²) in [6.07, 6.45) is -0.376. The average molecular weight is 633 g/mol. The molecule has 0 N–H and O–H groups in total. The number of halogens is 6. The van der Waals surface area contributed by atoms with Crippen molar-refractivity contribution in [2.75, 3.05) is 0 Å². The van der Waals surface area contributed by atoms with Crippen LogP contribution in [0.15, 0.2) is 48.5 Å². The molecule has 0 amide bonds. The van der Waals surface area contributed by atoms with Gasteiger partial charge in [0.2, 0.25) is 0 Å². The zero-order chi connectivity index (χ0) is 31.3. The third kappa shape index (κ3) is 6.33. The maximum absolute atomic E-state index is 13.5. The predicted octanol–water partition coefficient (Wildman–Crippen LogP) is 11.0. The van der Waals surface area contributed by atoms with Gasteiger partial charge in [-0.05, 0) is 0 Å². The van der Waals surface area contributed by atoms with E-state index in [1.807, 2.05) is 0 Å². The third-order valence-corrected chi connectivity index (χ3v) is 22.2. The van der Waals surface area contributed by atoms with Crippen LogP contribution in [0.5, 0.6) is 0 Å². The van der Waals surface area contributed by atoms with Crippen LogP contribution in [0.4, 0.5) is 26.3 Å². The van der Waals surface area contributed by atoms with E-state index in [0.717, 1.165) is 53.4 Å². The molecule has 2 aliphatic carbocycles. The zero-order valence-corrected chi connectivity index (χ0v) is 28.0. The van der Waals surface area contributed by atoms with Crippen LogP contribution in [-0.2, 0) is 12.4 Å². The first kappa shape index (κ1) is 33.8. The first-order valence-corrected chi connectivity index (χ1v) is 19.0. The summed E-state index contributed by atoms with van der Waals surface area (Å²) in [6, 6.07) is 10.8. The third-order valence-electron chi connectivity index (χ3n) is 10.6. The maximum atomic E-state index is 13.5. The normalized spacial score (nSPS) is 22.6. The summed E-state index contributed by atoms with van der Waals surface area (Å²) in [5, 5.41) is 1.93. The van der Waals surface area contributed by atoms with Gasteiger partial charge < -0.3 is 0 Å². The molecule has 3 atom stereocenters. The number of rotatable bonds is 6. The van der Waals surface area contributed by atoms with Crippen molar-refractivity contribution >= 4 is 25.8 Å². The first-order valence-electron chi connectivity index (χ1n) is 15.4. The fraction of sp³-hybridized carbons (Fsp3) is 0.647. The second-order valence-electron chi connectivity index (χ2n) is 14.8. The molecule has 42 heavy (non-hydrogen) atoms. The molecule has 236 valence electrons. The summed E-state index contributed by atoms with van der Waals surface area (Å²) < 4.78 is 80.8. The Bertz CT molecular complexity index is 1110. The SMILES string of the molecule is CC([C@@H]1CCC[C@@H]1[PH](C1CCCC1)(C(C)(C)C)C(C)(C)C)P(c1ccc(C(F)(F)F)cc1)c1ccc(C(F)(F)F)cc1. The van der Waals surface area contributed by atoms with Crippen molar-refractivity contribution in [2.45, 2.75) is 133 Å². The van der Waals surface area contributed by atoms with Gasteiger partial charge in [-0.2, -0.15) is 0 Å². The van der Waals surface area contributed by atoms with Gasteiger partial charge in [0.25, 0.3) is 0 Å². The van der Waals surface area contributed by atoms with E-state index >= 15 is 0 Å². The van der Waals surface area contributed by atoms with Crippen LogP contribution in [0, 0.1) is 5.92 Å². The van der Waals surface area contributed by atoms with Crippen LogP contribution < -0.4 is 10.6 Å². The Hall–Kier alpha value is -1.12. The van der Waals surface area contributed by atoms with E-state index in [-0.39, 0.29) is 16.0 Å². The van der Waals surface area contributed by atoms with Gasteiger partial charge >= 0.3 is 251 Å². The van der Waals surface area contributed by atoms with Crippen LogP contribution in [0.2, 0.25) is 0 Å². The second kappa shape index (κ2) is 12.0. The Labute approximate surface area is 250 Å². The van der Waals surface area contributed by atoms with E-state index in [1.165, 1.54) is 32.1 Å². The summed E-state index contributed by atoms with van der Waals surface area (Å²) in [5.74, 6) is 0.381. The molecule has 2 aromatic carbocycles. The Morgan fingerprint density at radius 3 is 1.38 bits per heavy atom. The summed E-state index contributed by atoms with van der Waals surface area (Å²) in [4.78, 5) is 0. The minimum atomic E-state index is -4.44. The Morgan fingerprint density at radius 1 is 0.619 bits per heavy atom. The van der Waals surface area contributed by atoms with Crippen molar-refractivity contribution in [1.82, 2.24) is 0 Å². The molecule has 4 rings (SSSR count). The molecule has 1 unspecified atom stereocenters. The summed E-state index contributed by atoms with van der Waals surface area (Å²) >= 11 is 0. The van der Waals surface area contributed by atoms with Crippen molar-refractivity contribution in [3.05, 3.63) is 59.7 Å². The molecule has 2 aliphatic rings. The zero-order valence-electron chi connectivity index (χ0n) is 26.1. The second-order valence-corrected chi connectivity index (χ2v) is 23.6. The number of benzene rings is 2. The molecule has 0 nitrogen and oxygen atoms in total. The number of hydrogen-bond acceptors (Lipinski definition) is 0. The van der Waals surface area contributed by atoms with E-state index in [2.05, 4.69) is 48.5 Å². The monoisotopic (exact) mass is 632 g/mol. The molecule has 0 radical (unpaired) electrons. The quantitative estimate of drug-likeness (QED) is 0.220. The molecule has 0 aliphatic heterocycles. The minimum absolute atomic E-state index is 0.124. The first-order chi connectivity index (χ1) is 19.3. The predicted molar refractivity (Wildman–Crippen MR) is 170 cm³/mol. The number of hydrogen-bond donors (Lipinski definition) is 0. The van der Waals surface area contributed by atoms with E-state index in [4.69, 9.17) is 0 Å². The molecule has 0 bridgehead atoms. The van der Waals surface area contributed by atoms with Gasteiger partial charge in [0.05, 0.1) is 0 Å². The van der Waals surface area contributed by atoms with Gasteiger partial charge in [-0.15, -0.1) is 0 Å². The molecule has 2 fully saturated rings. The molecular weight excluding hydrogens is 584 g/mol. The van der Waals surface area contributed by atoms with E-state index in [9.17, 15) is 26.3 Å². The van der Waals surface area contributed by atoms with Crippen molar-refractivity contribution in [1.29, 1.82) is 0 Å².